The van der Waals surface area contributed by atoms with Crippen LogP contribution >= 0.6 is 0 Å². The van der Waals surface area contributed by atoms with Gasteiger partial charge in [-0.3, -0.25) is 4.90 Å². The zero-order chi connectivity index (χ0) is 12.4. The summed E-state index contributed by atoms with van der Waals surface area (Å²) in [5, 5.41) is 0. The number of fused-ring (bicyclic) bond motifs is 1. The number of anilines is 1. The molecule has 0 saturated heterocycles. The van der Waals surface area contributed by atoms with Crippen molar-refractivity contribution in [3.8, 4) is 0 Å². The quantitative estimate of drug-likeness (QED) is 0.877. The molecule has 4 nitrogen and oxygen atoms in total. The van der Waals surface area contributed by atoms with Gasteiger partial charge in [-0.2, -0.15) is 0 Å². The average Bonchev–Trinajstić information content (AvgIpc) is 2.62. The Morgan fingerprint density at radius 1 is 1.29 bits per heavy atom. The highest BCUT2D eigenvalue weighted by molar-refractivity contribution is 5.50. The number of rotatable bonds is 4. The van der Waals surface area contributed by atoms with E-state index in [0.717, 1.165) is 36.7 Å². The van der Waals surface area contributed by atoms with Gasteiger partial charge < -0.3 is 10.1 Å². The molecule has 0 atom stereocenters. The minimum Gasteiger partial charge on any atom is -0.398 e. The molecule has 0 fully saturated rings. The van der Waals surface area contributed by atoms with E-state index in [1.54, 1.807) is 0 Å². The summed E-state index contributed by atoms with van der Waals surface area (Å²) >= 11 is 0. The fourth-order valence-electron chi connectivity index (χ4n) is 2.08. The number of pyridine rings is 1. The Hall–Kier alpha value is -1.55. The van der Waals surface area contributed by atoms with Gasteiger partial charge >= 0.3 is 0 Å². The van der Waals surface area contributed by atoms with Crippen molar-refractivity contribution >= 4 is 11.3 Å². The van der Waals surface area contributed by atoms with Gasteiger partial charge in [0.05, 0.1) is 11.4 Å². The molecular weight excluding hydrogens is 212 g/mol. The van der Waals surface area contributed by atoms with E-state index in [4.69, 9.17) is 5.73 Å². The Kier molecular flexibility index (Phi) is 3.33. The average molecular weight is 232 g/mol. The van der Waals surface area contributed by atoms with Crippen molar-refractivity contribution in [2.75, 3.05) is 18.8 Å². The number of aryl methyl sites for hydroxylation is 1. The number of nitrogens with zero attached hydrogens (tertiary/aromatic N) is 3. The lowest BCUT2D eigenvalue weighted by atomic mass is 10.3. The predicted molar refractivity (Wildman–Crippen MR) is 71.0 cm³/mol. The van der Waals surface area contributed by atoms with E-state index < -0.39 is 0 Å². The molecule has 0 spiro atoms. The number of hydrogen-bond donors (Lipinski definition) is 1. The van der Waals surface area contributed by atoms with Gasteiger partial charge in [-0.05, 0) is 32.1 Å². The Morgan fingerprint density at radius 2 is 2.00 bits per heavy atom. The first-order valence-electron chi connectivity index (χ1n) is 6.11. The number of hydrogen-bond acceptors (Lipinski definition) is 3. The maximum atomic E-state index is 5.84. The van der Waals surface area contributed by atoms with Crippen molar-refractivity contribution in [3.05, 3.63) is 29.7 Å². The molecule has 2 rings (SSSR count). The second kappa shape index (κ2) is 4.75. The van der Waals surface area contributed by atoms with Crippen LogP contribution in [0.4, 0.5) is 5.69 Å². The van der Waals surface area contributed by atoms with Crippen LogP contribution in [0, 0.1) is 6.92 Å². The number of nitrogens with two attached hydrogens (primary N) is 1. The third-order valence-electron chi connectivity index (χ3n) is 3.21. The predicted octanol–water partition coefficient (Wildman–Crippen LogP) is 2.07. The lowest BCUT2D eigenvalue weighted by Gasteiger charge is -2.18. The SMILES string of the molecule is CCN(CC)Cc1c(C)nc2ccc(N)cn12. The highest BCUT2D eigenvalue weighted by Gasteiger charge is 2.11. The molecule has 0 aromatic carbocycles. The van der Waals surface area contributed by atoms with Crippen molar-refractivity contribution in [1.29, 1.82) is 0 Å². The van der Waals surface area contributed by atoms with Gasteiger partial charge in [-0.15, -0.1) is 0 Å². The third-order valence-corrected chi connectivity index (χ3v) is 3.21. The minimum absolute atomic E-state index is 0.774. The van der Waals surface area contributed by atoms with Crippen LogP contribution in [0.5, 0.6) is 0 Å². The summed E-state index contributed by atoms with van der Waals surface area (Å²) in [6.45, 7) is 9.43. The molecule has 0 radical (unpaired) electrons. The van der Waals surface area contributed by atoms with Gasteiger partial charge in [-0.1, -0.05) is 13.8 Å². The van der Waals surface area contributed by atoms with E-state index in [2.05, 4.69) is 35.1 Å². The summed E-state index contributed by atoms with van der Waals surface area (Å²) in [5.41, 5.74) is 9.90. The van der Waals surface area contributed by atoms with Crippen LogP contribution in [0.1, 0.15) is 25.2 Å². The lowest BCUT2D eigenvalue weighted by Crippen LogP contribution is -2.23. The van der Waals surface area contributed by atoms with Crippen molar-refractivity contribution < 1.29 is 0 Å². The van der Waals surface area contributed by atoms with E-state index in [1.807, 2.05) is 18.3 Å². The molecule has 0 bridgehead atoms. The first-order valence-corrected chi connectivity index (χ1v) is 6.11. The smallest absolute Gasteiger partial charge is 0.137 e. The van der Waals surface area contributed by atoms with Crippen LogP contribution in [0.2, 0.25) is 0 Å². The van der Waals surface area contributed by atoms with E-state index >= 15 is 0 Å². The van der Waals surface area contributed by atoms with Gasteiger partial charge in [0.2, 0.25) is 0 Å². The molecule has 2 aromatic rings. The fourth-order valence-corrected chi connectivity index (χ4v) is 2.08. The fraction of sp³-hybridized carbons (Fsp3) is 0.462. The molecule has 2 heterocycles. The molecule has 17 heavy (non-hydrogen) atoms. The normalized spacial score (nSPS) is 11.5. The molecule has 0 aliphatic rings. The largest absolute Gasteiger partial charge is 0.398 e. The summed E-state index contributed by atoms with van der Waals surface area (Å²) in [5.74, 6) is 0. The van der Waals surface area contributed by atoms with E-state index in [1.165, 1.54) is 5.69 Å². The maximum absolute atomic E-state index is 5.84. The number of aromatic nitrogens is 2. The Morgan fingerprint density at radius 3 is 2.65 bits per heavy atom. The summed E-state index contributed by atoms with van der Waals surface area (Å²) in [4.78, 5) is 6.93. The molecule has 0 aliphatic heterocycles. The van der Waals surface area contributed by atoms with Gasteiger partial charge in [0.1, 0.15) is 5.65 Å². The van der Waals surface area contributed by atoms with Crippen molar-refractivity contribution in [2.45, 2.75) is 27.3 Å². The Labute approximate surface area is 102 Å². The second-order valence-electron chi connectivity index (χ2n) is 4.30. The molecule has 0 aliphatic carbocycles. The molecule has 0 unspecified atom stereocenters. The number of imidazole rings is 1. The summed E-state index contributed by atoms with van der Waals surface area (Å²) in [7, 11) is 0. The summed E-state index contributed by atoms with van der Waals surface area (Å²) in [6.07, 6.45) is 1.95. The van der Waals surface area contributed by atoms with Crippen molar-refractivity contribution in [2.24, 2.45) is 0 Å². The Bertz CT molecular complexity index is 511. The van der Waals surface area contributed by atoms with Gasteiger partial charge in [-0.25, -0.2) is 4.98 Å². The summed E-state index contributed by atoms with van der Waals surface area (Å²) in [6, 6.07) is 3.86. The minimum atomic E-state index is 0.774. The highest BCUT2D eigenvalue weighted by atomic mass is 15.1. The van der Waals surface area contributed by atoms with E-state index in [-0.39, 0.29) is 0 Å². The van der Waals surface area contributed by atoms with E-state index in [0.29, 0.717) is 0 Å². The first kappa shape index (κ1) is 11.9. The molecule has 2 aromatic heterocycles. The van der Waals surface area contributed by atoms with Gasteiger partial charge in [0.25, 0.3) is 0 Å². The van der Waals surface area contributed by atoms with Crippen LogP contribution < -0.4 is 5.73 Å². The third kappa shape index (κ3) is 2.26. The molecule has 0 saturated carbocycles. The molecule has 4 heteroatoms. The topological polar surface area (TPSA) is 46.6 Å². The maximum Gasteiger partial charge on any atom is 0.137 e. The molecular formula is C13H20N4. The standard InChI is InChI=1S/C13H20N4/c1-4-16(5-2)9-12-10(3)15-13-7-6-11(14)8-17(12)13/h6-8H,4-5,9,14H2,1-3H3. The second-order valence-corrected chi connectivity index (χ2v) is 4.30. The van der Waals surface area contributed by atoms with Gasteiger partial charge in [0, 0.05) is 18.4 Å². The zero-order valence-corrected chi connectivity index (χ0v) is 10.8. The molecule has 2 N–H and O–H groups in total. The van der Waals surface area contributed by atoms with Crippen LogP contribution in [0.15, 0.2) is 18.3 Å². The van der Waals surface area contributed by atoms with Crippen molar-refractivity contribution in [1.82, 2.24) is 14.3 Å². The van der Waals surface area contributed by atoms with Crippen LogP contribution in [0.25, 0.3) is 5.65 Å². The van der Waals surface area contributed by atoms with Gasteiger partial charge in [0.15, 0.2) is 0 Å². The van der Waals surface area contributed by atoms with Crippen LogP contribution in [-0.4, -0.2) is 27.4 Å². The summed E-state index contributed by atoms with van der Waals surface area (Å²) < 4.78 is 2.10. The highest BCUT2D eigenvalue weighted by Crippen LogP contribution is 2.16. The first-order chi connectivity index (χ1) is 8.15. The molecule has 0 amide bonds. The van der Waals surface area contributed by atoms with Crippen LogP contribution in [-0.2, 0) is 6.54 Å². The molecule has 92 valence electrons. The van der Waals surface area contributed by atoms with E-state index in [9.17, 15) is 0 Å². The van der Waals surface area contributed by atoms with Crippen molar-refractivity contribution in [3.63, 3.8) is 0 Å². The zero-order valence-electron chi connectivity index (χ0n) is 10.8. The van der Waals surface area contributed by atoms with Crippen LogP contribution in [0.3, 0.4) is 0 Å². The number of nitrogen functional groups attached to an aromatic ring is 1. The Balaban J connectivity index is 2.44. The monoisotopic (exact) mass is 232 g/mol. The lowest BCUT2D eigenvalue weighted by molar-refractivity contribution is 0.291.